The standard InChI is InChI=1S/C22H16F8O2S/c23-19(24)33(31,32)14-4-1-12(2-5-14)15-10-20(7-8-20)11-16(15)13-3-6-17(21(25,26)27)18(9-13)22(28,29)30/h1-6,9,19H,7-8,10-11H2. The molecule has 1 spiro atoms. The summed E-state index contributed by atoms with van der Waals surface area (Å²) in [6.45, 7) is 0. The van der Waals surface area contributed by atoms with Crippen LogP contribution in [0.5, 0.6) is 0 Å². The molecule has 33 heavy (non-hydrogen) atoms. The molecule has 2 aromatic carbocycles. The molecule has 0 bridgehead atoms. The summed E-state index contributed by atoms with van der Waals surface area (Å²) in [5.74, 6) is -3.60. The van der Waals surface area contributed by atoms with Crippen molar-refractivity contribution in [1.29, 1.82) is 0 Å². The molecule has 4 rings (SSSR count). The summed E-state index contributed by atoms with van der Waals surface area (Å²) in [7, 11) is -4.82. The Bertz CT molecular complexity index is 1220. The fraction of sp³-hybridized carbons (Fsp3) is 0.364. The first-order chi connectivity index (χ1) is 15.1. The number of hydrogen-bond acceptors (Lipinski definition) is 2. The van der Waals surface area contributed by atoms with Crippen molar-refractivity contribution < 1.29 is 43.5 Å². The van der Waals surface area contributed by atoms with E-state index in [1.165, 1.54) is 12.1 Å². The number of halogens is 8. The zero-order valence-corrected chi connectivity index (χ0v) is 17.5. The minimum Gasteiger partial charge on any atom is -0.218 e. The van der Waals surface area contributed by atoms with Crippen LogP contribution >= 0.6 is 0 Å². The Balaban J connectivity index is 1.82. The van der Waals surface area contributed by atoms with Crippen LogP contribution in [0.4, 0.5) is 35.1 Å². The van der Waals surface area contributed by atoms with E-state index < -0.39 is 44.0 Å². The molecule has 1 fully saturated rings. The summed E-state index contributed by atoms with van der Waals surface area (Å²) in [5.41, 5.74) is -2.32. The largest absolute Gasteiger partial charge is 0.417 e. The average molecular weight is 496 g/mol. The highest BCUT2D eigenvalue weighted by Gasteiger charge is 2.49. The van der Waals surface area contributed by atoms with E-state index >= 15 is 0 Å². The van der Waals surface area contributed by atoms with E-state index in [4.69, 9.17) is 0 Å². The summed E-state index contributed by atoms with van der Waals surface area (Å²) >= 11 is 0. The van der Waals surface area contributed by atoms with Crippen molar-refractivity contribution in [2.75, 3.05) is 0 Å². The lowest BCUT2D eigenvalue weighted by molar-refractivity contribution is -0.162. The number of alkyl halides is 8. The zero-order valence-electron chi connectivity index (χ0n) is 16.7. The van der Waals surface area contributed by atoms with Crippen LogP contribution in [0.25, 0.3) is 11.1 Å². The van der Waals surface area contributed by atoms with Gasteiger partial charge < -0.3 is 0 Å². The minimum absolute atomic E-state index is 0.00150. The highest BCUT2D eigenvalue weighted by Crippen LogP contribution is 2.63. The van der Waals surface area contributed by atoms with Gasteiger partial charge in [-0.3, -0.25) is 0 Å². The van der Waals surface area contributed by atoms with E-state index in [-0.39, 0.29) is 11.0 Å². The third-order valence-electron chi connectivity index (χ3n) is 6.17. The third kappa shape index (κ3) is 4.39. The maximum Gasteiger partial charge on any atom is 0.417 e. The van der Waals surface area contributed by atoms with Gasteiger partial charge in [-0.05, 0) is 77.6 Å². The molecule has 0 N–H and O–H groups in total. The average Bonchev–Trinajstić information content (AvgIpc) is 3.36. The molecule has 0 radical (unpaired) electrons. The van der Waals surface area contributed by atoms with Crippen LogP contribution in [-0.2, 0) is 22.2 Å². The Labute approximate surface area is 183 Å². The lowest BCUT2D eigenvalue weighted by atomic mass is 9.93. The van der Waals surface area contributed by atoms with Gasteiger partial charge in [0.2, 0.25) is 9.84 Å². The van der Waals surface area contributed by atoms with Gasteiger partial charge in [-0.15, -0.1) is 0 Å². The molecule has 0 unspecified atom stereocenters. The molecule has 2 aliphatic rings. The molecule has 2 aliphatic carbocycles. The van der Waals surface area contributed by atoms with Crippen LogP contribution < -0.4 is 0 Å². The molecule has 0 saturated heterocycles. The Morgan fingerprint density at radius 3 is 1.67 bits per heavy atom. The molecule has 2 aromatic rings. The fourth-order valence-corrected chi connectivity index (χ4v) is 4.99. The predicted octanol–water partition coefficient (Wildman–Crippen LogP) is 7.21. The van der Waals surface area contributed by atoms with Crippen molar-refractivity contribution in [2.45, 2.75) is 48.7 Å². The monoisotopic (exact) mass is 496 g/mol. The Hall–Kier alpha value is -2.43. The Morgan fingerprint density at radius 1 is 0.727 bits per heavy atom. The highest BCUT2D eigenvalue weighted by atomic mass is 32.2. The van der Waals surface area contributed by atoms with Crippen molar-refractivity contribution in [3.63, 3.8) is 0 Å². The third-order valence-corrected chi connectivity index (χ3v) is 7.57. The highest BCUT2D eigenvalue weighted by molar-refractivity contribution is 7.91. The van der Waals surface area contributed by atoms with Crippen LogP contribution in [0.3, 0.4) is 0 Å². The molecule has 0 aliphatic heterocycles. The number of allylic oxidation sites excluding steroid dienone is 2. The van der Waals surface area contributed by atoms with Gasteiger partial charge in [0.25, 0.3) is 0 Å². The molecule has 0 aromatic heterocycles. The van der Waals surface area contributed by atoms with Gasteiger partial charge in [0, 0.05) is 0 Å². The molecule has 0 heterocycles. The second kappa shape index (κ2) is 7.54. The van der Waals surface area contributed by atoms with Crippen LogP contribution in [0.1, 0.15) is 47.9 Å². The molecule has 1 saturated carbocycles. The van der Waals surface area contributed by atoms with Crippen LogP contribution in [0, 0.1) is 5.41 Å². The summed E-state index contributed by atoms with van der Waals surface area (Å²) < 4.78 is 129. The molecule has 11 heteroatoms. The van der Waals surface area contributed by atoms with E-state index in [1.54, 1.807) is 0 Å². The van der Waals surface area contributed by atoms with Gasteiger partial charge in [0.1, 0.15) is 0 Å². The van der Waals surface area contributed by atoms with E-state index in [9.17, 15) is 43.5 Å². The maximum atomic E-state index is 13.4. The van der Waals surface area contributed by atoms with Crippen molar-refractivity contribution in [2.24, 2.45) is 5.41 Å². The molecule has 0 atom stereocenters. The topological polar surface area (TPSA) is 34.1 Å². The van der Waals surface area contributed by atoms with E-state index in [1.807, 2.05) is 0 Å². The van der Waals surface area contributed by atoms with Crippen LogP contribution in [0.2, 0.25) is 0 Å². The van der Waals surface area contributed by atoms with Crippen molar-refractivity contribution in [1.82, 2.24) is 0 Å². The number of sulfone groups is 1. The molecule has 2 nitrogen and oxygen atoms in total. The van der Waals surface area contributed by atoms with Gasteiger partial charge in [0.05, 0.1) is 16.0 Å². The van der Waals surface area contributed by atoms with Crippen LogP contribution in [-0.4, -0.2) is 14.2 Å². The lowest BCUT2D eigenvalue weighted by Crippen LogP contribution is -2.16. The Kier molecular flexibility index (Phi) is 5.42. The van der Waals surface area contributed by atoms with E-state index in [2.05, 4.69) is 0 Å². The van der Waals surface area contributed by atoms with Crippen molar-refractivity contribution >= 4 is 21.0 Å². The second-order valence-corrected chi connectivity index (χ2v) is 10.3. The molecular weight excluding hydrogens is 480 g/mol. The summed E-state index contributed by atoms with van der Waals surface area (Å²) in [6.07, 6.45) is -7.99. The van der Waals surface area contributed by atoms with Gasteiger partial charge >= 0.3 is 18.1 Å². The fourth-order valence-electron chi connectivity index (χ4n) is 4.27. The number of benzene rings is 2. The zero-order chi connectivity index (χ0) is 24.4. The van der Waals surface area contributed by atoms with Gasteiger partial charge in [-0.1, -0.05) is 18.2 Å². The summed E-state index contributed by atoms with van der Waals surface area (Å²) in [6, 6.07) is 6.49. The summed E-state index contributed by atoms with van der Waals surface area (Å²) in [4.78, 5) is -0.601. The SMILES string of the molecule is O=S(=O)(c1ccc(C2=C(c3ccc(C(F)(F)F)c(C(F)(F)F)c3)CC3(CC3)C2)cc1)C(F)F. The van der Waals surface area contributed by atoms with Crippen LogP contribution in [0.15, 0.2) is 47.4 Å². The van der Waals surface area contributed by atoms with Crippen molar-refractivity contribution in [3.05, 3.63) is 64.7 Å². The van der Waals surface area contributed by atoms with Gasteiger partial charge in [-0.25, -0.2) is 8.42 Å². The molecule has 0 amide bonds. The van der Waals surface area contributed by atoms with Gasteiger partial charge in [-0.2, -0.15) is 35.1 Å². The number of rotatable bonds is 4. The lowest BCUT2D eigenvalue weighted by Gasteiger charge is -2.18. The first-order valence-electron chi connectivity index (χ1n) is 9.77. The molecule has 178 valence electrons. The van der Waals surface area contributed by atoms with E-state index in [0.29, 0.717) is 41.7 Å². The van der Waals surface area contributed by atoms with Gasteiger partial charge in [0.15, 0.2) is 0 Å². The van der Waals surface area contributed by atoms with Crippen molar-refractivity contribution in [3.8, 4) is 0 Å². The van der Waals surface area contributed by atoms with E-state index in [0.717, 1.165) is 31.0 Å². The number of hydrogen-bond donors (Lipinski definition) is 0. The minimum atomic E-state index is -5.22. The predicted molar refractivity (Wildman–Crippen MR) is 104 cm³/mol. The maximum absolute atomic E-state index is 13.4. The summed E-state index contributed by atoms with van der Waals surface area (Å²) in [5, 5.41) is 0. The first kappa shape index (κ1) is 23.7. The quantitative estimate of drug-likeness (QED) is 0.420. The normalized spacial score (nSPS) is 18.5. The Morgan fingerprint density at radius 2 is 1.21 bits per heavy atom. The second-order valence-electron chi connectivity index (χ2n) is 8.40. The molecular formula is C22H16F8O2S. The first-order valence-corrected chi connectivity index (χ1v) is 11.3. The smallest absolute Gasteiger partial charge is 0.218 e.